The molecule has 0 spiro atoms. The zero-order valence-electron chi connectivity index (χ0n) is 36.9. The van der Waals surface area contributed by atoms with Gasteiger partial charge in [0, 0.05) is 12.8 Å². The van der Waals surface area contributed by atoms with Gasteiger partial charge in [0.25, 0.3) is 7.82 Å². The van der Waals surface area contributed by atoms with Crippen molar-refractivity contribution in [2.24, 2.45) is 0 Å². The number of likely N-dealkylation sites (N-methyl/N-ethyl adjacent to an activating group) is 1. The minimum Gasteiger partial charge on any atom is -0.756 e. The first-order valence-electron chi connectivity index (χ1n) is 23.2. The lowest BCUT2D eigenvalue weighted by Crippen LogP contribution is -2.37. The summed E-state index contributed by atoms with van der Waals surface area (Å²) < 4.78 is 33.9. The second kappa shape index (κ2) is 38.5. The first-order chi connectivity index (χ1) is 26.5. The molecule has 10 heteroatoms. The summed E-state index contributed by atoms with van der Waals surface area (Å²) in [4.78, 5) is 37.5. The topological polar surface area (TPSA) is 111 Å². The smallest absolute Gasteiger partial charge is 0.306 e. The van der Waals surface area contributed by atoms with E-state index in [0.29, 0.717) is 17.4 Å². The van der Waals surface area contributed by atoms with Crippen LogP contribution in [0.3, 0.4) is 0 Å². The minimum atomic E-state index is -4.61. The molecule has 0 heterocycles. The average molecular weight is 804 g/mol. The summed E-state index contributed by atoms with van der Waals surface area (Å²) >= 11 is 0. The molecular weight excluding hydrogens is 713 g/mol. The van der Waals surface area contributed by atoms with Crippen molar-refractivity contribution in [3.63, 3.8) is 0 Å². The molecular formula is C45H90NO8P. The molecule has 0 saturated carbocycles. The maximum absolute atomic E-state index is 12.6. The Morgan fingerprint density at radius 3 is 1.16 bits per heavy atom. The quantitative estimate of drug-likeness (QED) is 0.0259. The fraction of sp³-hybridized carbons (Fsp3) is 0.956. The summed E-state index contributed by atoms with van der Waals surface area (Å²) in [7, 11) is 1.18. The minimum absolute atomic E-state index is 0.0258. The van der Waals surface area contributed by atoms with E-state index in [1.807, 2.05) is 21.1 Å². The van der Waals surface area contributed by atoms with Gasteiger partial charge in [-0.2, -0.15) is 0 Å². The number of phosphoric acid groups is 1. The van der Waals surface area contributed by atoms with Crippen molar-refractivity contribution in [3.8, 4) is 0 Å². The average Bonchev–Trinajstić information content (AvgIpc) is 3.13. The number of esters is 2. The molecule has 2 atom stereocenters. The number of carbonyl (C=O) groups is 2. The number of ether oxygens (including phenoxy) is 2. The highest BCUT2D eigenvalue weighted by Gasteiger charge is 2.21. The molecule has 0 aliphatic carbocycles. The predicted octanol–water partition coefficient (Wildman–Crippen LogP) is 12.6. The highest BCUT2D eigenvalue weighted by molar-refractivity contribution is 7.45. The summed E-state index contributed by atoms with van der Waals surface area (Å²) in [6.07, 6.45) is 38.5. The zero-order valence-corrected chi connectivity index (χ0v) is 37.8. The first kappa shape index (κ1) is 54.0. The van der Waals surface area contributed by atoms with Crippen molar-refractivity contribution in [1.29, 1.82) is 0 Å². The standard InChI is InChI=1S/C45H90NO8P/c1-6-8-10-12-14-16-18-19-20-21-22-23-24-25-26-27-28-30-31-33-35-37-44(47)51-41-43(42-53-55(49,50)52-40-39-46(3,4)5)54-45(48)38-36-34-32-29-17-15-13-11-9-7-2/h43H,6-42H2,1-5H3. The number of rotatable bonds is 43. The maximum atomic E-state index is 12.6. The predicted molar refractivity (Wildman–Crippen MR) is 227 cm³/mol. The van der Waals surface area contributed by atoms with E-state index in [0.717, 1.165) is 32.1 Å². The van der Waals surface area contributed by atoms with Crippen molar-refractivity contribution in [2.75, 3.05) is 47.5 Å². The highest BCUT2D eigenvalue weighted by Crippen LogP contribution is 2.38. The fourth-order valence-electron chi connectivity index (χ4n) is 6.72. The number of nitrogens with zero attached hydrogens (tertiary/aromatic N) is 1. The molecule has 9 nitrogen and oxygen atoms in total. The van der Waals surface area contributed by atoms with E-state index in [9.17, 15) is 19.0 Å². The Labute approximate surface area is 340 Å². The Balaban J connectivity index is 4.15. The molecule has 0 saturated heterocycles. The molecule has 0 aliphatic heterocycles. The van der Waals surface area contributed by atoms with Crippen LogP contribution in [0.25, 0.3) is 0 Å². The highest BCUT2D eigenvalue weighted by atomic mass is 31.2. The van der Waals surface area contributed by atoms with Crippen LogP contribution in [0, 0.1) is 0 Å². The van der Waals surface area contributed by atoms with Crippen LogP contribution in [-0.2, 0) is 32.7 Å². The fourth-order valence-corrected chi connectivity index (χ4v) is 7.44. The zero-order chi connectivity index (χ0) is 40.7. The van der Waals surface area contributed by atoms with E-state index in [2.05, 4.69) is 13.8 Å². The molecule has 0 bridgehead atoms. The van der Waals surface area contributed by atoms with Gasteiger partial charge in [0.1, 0.15) is 19.8 Å². The summed E-state index contributed by atoms with van der Waals surface area (Å²) in [5, 5.41) is 0. The van der Waals surface area contributed by atoms with Crippen LogP contribution in [0.1, 0.15) is 226 Å². The molecule has 0 rings (SSSR count). The second-order valence-corrected chi connectivity index (χ2v) is 18.5. The van der Waals surface area contributed by atoms with Gasteiger partial charge in [0.2, 0.25) is 0 Å². The Hall–Kier alpha value is -0.990. The SMILES string of the molecule is CCCCCCCCCCCCCCCCCCCCCCCC(=O)OCC(COP(=O)([O-])OCC[N+](C)(C)C)OC(=O)CCCCCCCCCCCC. The van der Waals surface area contributed by atoms with Gasteiger partial charge in [-0.05, 0) is 12.8 Å². The van der Waals surface area contributed by atoms with Gasteiger partial charge in [0.15, 0.2) is 6.10 Å². The molecule has 0 aliphatic rings. The number of hydrogen-bond acceptors (Lipinski definition) is 8. The Bertz CT molecular complexity index is 912. The van der Waals surface area contributed by atoms with Crippen LogP contribution in [0.5, 0.6) is 0 Å². The van der Waals surface area contributed by atoms with Crippen molar-refractivity contribution >= 4 is 19.8 Å². The second-order valence-electron chi connectivity index (χ2n) is 17.1. The lowest BCUT2D eigenvalue weighted by atomic mass is 10.0. The summed E-state index contributed by atoms with van der Waals surface area (Å²) in [5.74, 6) is -0.821. The van der Waals surface area contributed by atoms with Crippen LogP contribution in [0.2, 0.25) is 0 Å². The van der Waals surface area contributed by atoms with E-state index < -0.39 is 26.5 Å². The van der Waals surface area contributed by atoms with E-state index in [1.165, 1.54) is 161 Å². The third kappa shape index (κ3) is 42.4. The molecule has 0 fully saturated rings. The van der Waals surface area contributed by atoms with E-state index in [-0.39, 0.29) is 32.0 Å². The maximum Gasteiger partial charge on any atom is 0.306 e. The van der Waals surface area contributed by atoms with Gasteiger partial charge < -0.3 is 27.9 Å². The molecule has 328 valence electrons. The van der Waals surface area contributed by atoms with Gasteiger partial charge in [-0.15, -0.1) is 0 Å². The van der Waals surface area contributed by atoms with Crippen molar-refractivity contribution in [1.82, 2.24) is 0 Å². The van der Waals surface area contributed by atoms with Gasteiger partial charge in [-0.1, -0.05) is 200 Å². The van der Waals surface area contributed by atoms with Crippen LogP contribution >= 0.6 is 7.82 Å². The lowest BCUT2D eigenvalue weighted by molar-refractivity contribution is -0.870. The third-order valence-electron chi connectivity index (χ3n) is 10.4. The third-order valence-corrected chi connectivity index (χ3v) is 11.3. The van der Waals surface area contributed by atoms with Gasteiger partial charge in [0.05, 0.1) is 27.7 Å². The van der Waals surface area contributed by atoms with Crippen molar-refractivity contribution in [2.45, 2.75) is 232 Å². The molecule has 0 aromatic heterocycles. The number of hydrogen-bond donors (Lipinski definition) is 0. The van der Waals surface area contributed by atoms with Crippen molar-refractivity contribution < 1.29 is 42.1 Å². The van der Waals surface area contributed by atoms with Crippen LogP contribution in [0.4, 0.5) is 0 Å². The summed E-state index contributed by atoms with van der Waals surface area (Å²) in [6.45, 7) is 4.25. The van der Waals surface area contributed by atoms with E-state index >= 15 is 0 Å². The Morgan fingerprint density at radius 2 is 0.818 bits per heavy atom. The Morgan fingerprint density at radius 1 is 0.491 bits per heavy atom. The van der Waals surface area contributed by atoms with Gasteiger partial charge >= 0.3 is 11.9 Å². The molecule has 0 aromatic carbocycles. The normalized spacial score (nSPS) is 13.5. The lowest BCUT2D eigenvalue weighted by Gasteiger charge is -2.28. The largest absolute Gasteiger partial charge is 0.756 e. The molecule has 2 unspecified atom stereocenters. The van der Waals surface area contributed by atoms with E-state index in [4.69, 9.17) is 18.5 Å². The first-order valence-corrected chi connectivity index (χ1v) is 24.7. The van der Waals surface area contributed by atoms with Crippen LogP contribution in [0.15, 0.2) is 0 Å². The van der Waals surface area contributed by atoms with Crippen molar-refractivity contribution in [3.05, 3.63) is 0 Å². The number of phosphoric ester groups is 1. The monoisotopic (exact) mass is 804 g/mol. The van der Waals surface area contributed by atoms with Gasteiger partial charge in [-0.3, -0.25) is 14.2 Å². The summed E-state index contributed by atoms with van der Waals surface area (Å²) in [5.41, 5.74) is 0. The molecule has 0 aromatic rings. The summed E-state index contributed by atoms with van der Waals surface area (Å²) in [6, 6.07) is 0. The van der Waals surface area contributed by atoms with E-state index in [1.54, 1.807) is 0 Å². The number of quaternary nitrogens is 1. The molecule has 0 N–H and O–H groups in total. The molecule has 55 heavy (non-hydrogen) atoms. The molecule has 0 radical (unpaired) electrons. The van der Waals surface area contributed by atoms with Crippen LogP contribution in [-0.4, -0.2) is 70.0 Å². The number of unbranched alkanes of at least 4 members (excludes halogenated alkanes) is 29. The van der Waals surface area contributed by atoms with Crippen LogP contribution < -0.4 is 4.89 Å². The van der Waals surface area contributed by atoms with Gasteiger partial charge in [-0.25, -0.2) is 0 Å². The molecule has 0 amide bonds. The Kier molecular flexibility index (Phi) is 37.8. The number of carbonyl (C=O) groups excluding carboxylic acids is 2.